The number of benzene rings is 1. The van der Waals surface area contributed by atoms with Gasteiger partial charge in [-0.15, -0.1) is 0 Å². The Labute approximate surface area is 123 Å². The molecule has 0 heterocycles. The van der Waals surface area contributed by atoms with E-state index >= 15 is 0 Å². The van der Waals surface area contributed by atoms with Crippen LogP contribution in [0.2, 0.25) is 0 Å². The third-order valence-corrected chi connectivity index (χ3v) is 2.91. The van der Waals surface area contributed by atoms with Crippen LogP contribution in [0, 0.1) is 23.3 Å². The van der Waals surface area contributed by atoms with Gasteiger partial charge in [0, 0.05) is 0 Å². The standard InChI is InChI=1S/C12H11F4NO4S/c1-5(2)6(3)21-4-7-8(13)10(15)12(11(16)9(7)14)17-22(18,19)20/h17H,1,3-4H2,2H3,(H,18,19,20). The molecule has 0 aliphatic heterocycles. The van der Waals surface area contributed by atoms with Gasteiger partial charge in [-0.25, -0.2) is 17.6 Å². The molecule has 0 fully saturated rings. The fourth-order valence-corrected chi connectivity index (χ4v) is 1.74. The number of hydrogen-bond donors (Lipinski definition) is 2. The summed E-state index contributed by atoms with van der Waals surface area (Å²) >= 11 is 0. The first-order valence-corrected chi connectivity index (χ1v) is 6.97. The number of nitrogens with one attached hydrogen (secondary N) is 1. The topological polar surface area (TPSA) is 75.6 Å². The van der Waals surface area contributed by atoms with E-state index in [1.807, 2.05) is 0 Å². The SMILES string of the molecule is C=C(C)C(=C)OCc1c(F)c(F)c(NS(=O)(=O)O)c(F)c1F. The van der Waals surface area contributed by atoms with Crippen molar-refractivity contribution in [3.05, 3.63) is 53.3 Å². The second-order valence-corrected chi connectivity index (χ2v) is 5.33. The van der Waals surface area contributed by atoms with E-state index in [2.05, 4.69) is 13.2 Å². The van der Waals surface area contributed by atoms with Crippen LogP contribution in [0.15, 0.2) is 24.5 Å². The summed E-state index contributed by atoms with van der Waals surface area (Å²) in [6, 6.07) is 0. The predicted octanol–water partition coefficient (Wildman–Crippen LogP) is 3.06. The first-order chi connectivity index (χ1) is 9.95. The summed E-state index contributed by atoms with van der Waals surface area (Å²) in [4.78, 5) is 0. The van der Waals surface area contributed by atoms with Gasteiger partial charge in [-0.3, -0.25) is 9.27 Å². The average molecular weight is 341 g/mol. The summed E-state index contributed by atoms with van der Waals surface area (Å²) in [5.41, 5.74) is -2.47. The lowest BCUT2D eigenvalue weighted by Crippen LogP contribution is -2.16. The zero-order chi connectivity index (χ0) is 17.2. The number of hydrogen-bond acceptors (Lipinski definition) is 3. The monoisotopic (exact) mass is 341 g/mol. The molecule has 0 radical (unpaired) electrons. The highest BCUT2D eigenvalue weighted by molar-refractivity contribution is 7.87. The average Bonchev–Trinajstić information content (AvgIpc) is 2.40. The van der Waals surface area contributed by atoms with Gasteiger partial charge in [-0.2, -0.15) is 8.42 Å². The molecule has 10 heteroatoms. The molecule has 0 unspecified atom stereocenters. The highest BCUT2D eigenvalue weighted by atomic mass is 32.2. The molecule has 1 rings (SSSR count). The van der Waals surface area contributed by atoms with E-state index in [1.54, 1.807) is 0 Å². The van der Waals surface area contributed by atoms with Crippen molar-refractivity contribution in [3.8, 4) is 0 Å². The van der Waals surface area contributed by atoms with Crippen molar-refractivity contribution >= 4 is 16.0 Å². The summed E-state index contributed by atoms with van der Waals surface area (Å²) in [5, 5.41) is 0. The van der Waals surface area contributed by atoms with Crippen LogP contribution in [-0.4, -0.2) is 13.0 Å². The minimum absolute atomic E-state index is 0.0558. The molecule has 122 valence electrons. The molecule has 0 saturated heterocycles. The highest BCUT2D eigenvalue weighted by Gasteiger charge is 2.27. The summed E-state index contributed by atoms with van der Waals surface area (Å²) in [7, 11) is -5.13. The highest BCUT2D eigenvalue weighted by Crippen LogP contribution is 2.29. The summed E-state index contributed by atoms with van der Waals surface area (Å²) in [6.07, 6.45) is 0. The Balaban J connectivity index is 3.28. The first kappa shape index (κ1) is 18.0. The van der Waals surface area contributed by atoms with E-state index in [9.17, 15) is 26.0 Å². The zero-order valence-electron chi connectivity index (χ0n) is 11.2. The Morgan fingerprint density at radius 3 is 1.95 bits per heavy atom. The number of ether oxygens (including phenoxy) is 1. The van der Waals surface area contributed by atoms with Crippen LogP contribution in [0.5, 0.6) is 0 Å². The van der Waals surface area contributed by atoms with Crippen LogP contribution in [0.3, 0.4) is 0 Å². The van der Waals surface area contributed by atoms with E-state index in [0.29, 0.717) is 5.57 Å². The van der Waals surface area contributed by atoms with Gasteiger partial charge in [-0.1, -0.05) is 13.2 Å². The van der Waals surface area contributed by atoms with Crippen LogP contribution in [0.1, 0.15) is 12.5 Å². The lowest BCUT2D eigenvalue weighted by molar-refractivity contribution is 0.197. The quantitative estimate of drug-likeness (QED) is 0.274. The van der Waals surface area contributed by atoms with Crippen molar-refractivity contribution in [2.24, 2.45) is 0 Å². The summed E-state index contributed by atoms with van der Waals surface area (Å²) in [5.74, 6) is -7.87. The Morgan fingerprint density at radius 2 is 1.59 bits per heavy atom. The van der Waals surface area contributed by atoms with E-state index in [-0.39, 0.29) is 5.76 Å². The zero-order valence-corrected chi connectivity index (χ0v) is 12.0. The third-order valence-electron chi connectivity index (χ3n) is 2.45. The number of rotatable bonds is 6. The van der Waals surface area contributed by atoms with E-state index in [4.69, 9.17) is 9.29 Å². The fourth-order valence-electron chi connectivity index (χ4n) is 1.30. The molecule has 0 bridgehead atoms. The minimum Gasteiger partial charge on any atom is -0.489 e. The van der Waals surface area contributed by atoms with Gasteiger partial charge in [0.1, 0.15) is 18.1 Å². The van der Waals surface area contributed by atoms with Crippen molar-refractivity contribution in [2.45, 2.75) is 13.5 Å². The van der Waals surface area contributed by atoms with Crippen LogP contribution < -0.4 is 4.72 Å². The Morgan fingerprint density at radius 1 is 1.14 bits per heavy atom. The third kappa shape index (κ3) is 3.98. The minimum atomic E-state index is -5.13. The lowest BCUT2D eigenvalue weighted by Gasteiger charge is -2.13. The maximum atomic E-state index is 13.7. The van der Waals surface area contributed by atoms with Crippen molar-refractivity contribution in [1.82, 2.24) is 0 Å². The van der Waals surface area contributed by atoms with Crippen molar-refractivity contribution in [2.75, 3.05) is 4.72 Å². The second kappa shape index (κ2) is 6.36. The normalized spacial score (nSPS) is 11.2. The molecule has 2 N–H and O–H groups in total. The maximum Gasteiger partial charge on any atom is 0.357 e. The van der Waals surface area contributed by atoms with Crippen LogP contribution >= 0.6 is 0 Å². The number of halogens is 4. The molecule has 1 aromatic rings. The molecular weight excluding hydrogens is 330 g/mol. The number of anilines is 1. The molecule has 0 amide bonds. The van der Waals surface area contributed by atoms with Crippen LogP contribution in [0.4, 0.5) is 23.2 Å². The molecule has 1 aromatic carbocycles. The molecule has 0 aromatic heterocycles. The maximum absolute atomic E-state index is 13.7. The summed E-state index contributed by atoms with van der Waals surface area (Å²) < 4.78 is 89.8. The lowest BCUT2D eigenvalue weighted by atomic mass is 10.1. The Kier molecular flexibility index (Phi) is 5.20. The van der Waals surface area contributed by atoms with Crippen molar-refractivity contribution in [1.29, 1.82) is 0 Å². The van der Waals surface area contributed by atoms with Crippen LogP contribution in [-0.2, 0) is 21.6 Å². The molecule has 0 spiro atoms. The fraction of sp³-hybridized carbons (Fsp3) is 0.167. The van der Waals surface area contributed by atoms with Crippen molar-refractivity contribution in [3.63, 3.8) is 0 Å². The molecule has 0 saturated carbocycles. The van der Waals surface area contributed by atoms with Gasteiger partial charge in [-0.05, 0) is 12.5 Å². The van der Waals surface area contributed by atoms with Gasteiger partial charge >= 0.3 is 10.3 Å². The molecule has 0 aliphatic carbocycles. The van der Waals surface area contributed by atoms with Gasteiger partial charge in [0.2, 0.25) is 0 Å². The number of allylic oxidation sites excluding steroid dienone is 1. The molecule has 0 atom stereocenters. The molecule has 5 nitrogen and oxygen atoms in total. The van der Waals surface area contributed by atoms with Gasteiger partial charge < -0.3 is 4.74 Å². The predicted molar refractivity (Wildman–Crippen MR) is 70.2 cm³/mol. The van der Waals surface area contributed by atoms with Gasteiger partial charge in [0.15, 0.2) is 23.3 Å². The molecule has 22 heavy (non-hydrogen) atoms. The molecule has 0 aliphatic rings. The molecular formula is C12H11F4NO4S. The largest absolute Gasteiger partial charge is 0.489 e. The van der Waals surface area contributed by atoms with E-state index < -0.39 is 51.4 Å². The smallest absolute Gasteiger partial charge is 0.357 e. The van der Waals surface area contributed by atoms with Crippen molar-refractivity contribution < 1.29 is 35.3 Å². The first-order valence-electron chi connectivity index (χ1n) is 5.53. The summed E-state index contributed by atoms with van der Waals surface area (Å²) in [6.45, 7) is 7.38. The van der Waals surface area contributed by atoms with E-state index in [0.717, 1.165) is 4.72 Å². The van der Waals surface area contributed by atoms with Gasteiger partial charge in [0.05, 0.1) is 5.56 Å². The van der Waals surface area contributed by atoms with Gasteiger partial charge in [0.25, 0.3) is 0 Å². The van der Waals surface area contributed by atoms with E-state index in [1.165, 1.54) is 6.92 Å². The Hall–Kier alpha value is -2.07. The van der Waals surface area contributed by atoms with Crippen LogP contribution in [0.25, 0.3) is 0 Å². The Bertz CT molecular complexity index is 717. The second-order valence-electron chi connectivity index (χ2n) is 4.18.